The fourth-order valence-corrected chi connectivity index (χ4v) is 11.7. The lowest BCUT2D eigenvalue weighted by Crippen LogP contribution is -2.62. The first-order chi connectivity index (χ1) is 22.2. The van der Waals surface area contributed by atoms with Crippen LogP contribution in [-0.2, 0) is 4.79 Å². The molecule has 2 amide bonds. The molecule has 2 N–H and O–H groups in total. The van der Waals surface area contributed by atoms with E-state index in [-0.39, 0.29) is 40.9 Å². The lowest BCUT2D eigenvalue weighted by atomic mass is 9.44. The number of rotatable bonds is 3. The molecular formula is C38H52N4O4. The van der Waals surface area contributed by atoms with E-state index in [1.165, 1.54) is 25.7 Å². The Bertz CT molecular complexity index is 1490. The highest BCUT2D eigenvalue weighted by Crippen LogP contribution is 2.66. The van der Waals surface area contributed by atoms with Crippen molar-refractivity contribution in [1.82, 2.24) is 19.7 Å². The van der Waals surface area contributed by atoms with Crippen LogP contribution in [0.1, 0.15) is 88.5 Å². The molecule has 6 aliphatic rings. The Labute approximate surface area is 273 Å². The molecule has 2 saturated heterocycles. The fourth-order valence-electron chi connectivity index (χ4n) is 11.7. The minimum atomic E-state index is -0.433. The molecule has 1 aromatic heterocycles. The van der Waals surface area contributed by atoms with Crippen LogP contribution in [0.15, 0.2) is 36.4 Å². The number of benzene rings is 1. The normalized spacial score (nSPS) is 41.2. The molecule has 6 fully saturated rings. The maximum Gasteiger partial charge on any atom is 0.273 e. The molecule has 2 aliphatic heterocycles. The van der Waals surface area contributed by atoms with Gasteiger partial charge in [-0.15, -0.1) is 0 Å². The van der Waals surface area contributed by atoms with E-state index in [2.05, 4.69) is 23.7 Å². The first-order valence-corrected chi connectivity index (χ1v) is 18.2. The Balaban J connectivity index is 0.922. The van der Waals surface area contributed by atoms with Gasteiger partial charge in [0.15, 0.2) is 0 Å². The molecule has 4 saturated carbocycles. The van der Waals surface area contributed by atoms with Gasteiger partial charge in [-0.25, -0.2) is 4.98 Å². The van der Waals surface area contributed by atoms with Gasteiger partial charge in [-0.1, -0.05) is 38.1 Å². The predicted molar refractivity (Wildman–Crippen MR) is 177 cm³/mol. The molecule has 0 spiro atoms. The number of carbonyl (C=O) groups is 2. The summed E-state index contributed by atoms with van der Waals surface area (Å²) >= 11 is 0. The van der Waals surface area contributed by atoms with Gasteiger partial charge in [0.25, 0.3) is 5.91 Å². The van der Waals surface area contributed by atoms with Gasteiger partial charge in [0.05, 0.1) is 17.7 Å². The molecule has 46 heavy (non-hydrogen) atoms. The number of piperazine rings is 1. The predicted octanol–water partition coefficient (Wildman–Crippen LogP) is 4.73. The third-order valence-electron chi connectivity index (χ3n) is 14.3. The van der Waals surface area contributed by atoms with E-state index >= 15 is 0 Å². The summed E-state index contributed by atoms with van der Waals surface area (Å²) in [4.78, 5) is 38.2. The molecule has 1 aromatic carbocycles. The molecular weight excluding hydrogens is 576 g/mol. The molecule has 0 bridgehead atoms. The molecule has 3 heterocycles. The van der Waals surface area contributed by atoms with Crippen molar-refractivity contribution in [2.24, 2.45) is 34.5 Å². The SMILES string of the molecule is C[C@]12C[C@H](N3CCN(C(=O)[C@@H]4CCCN4C(=O)c4ccc5ccccc5n4)CC3)[C@@H](O)C[C@@H]1CC[C@@H]1[C@@H]2CC[C@]2(C)[C@@H](O)CC[C@@H]12. The van der Waals surface area contributed by atoms with Gasteiger partial charge in [-0.3, -0.25) is 14.5 Å². The van der Waals surface area contributed by atoms with Gasteiger partial charge >= 0.3 is 0 Å². The minimum absolute atomic E-state index is 0.0571. The van der Waals surface area contributed by atoms with E-state index in [9.17, 15) is 19.8 Å². The smallest absolute Gasteiger partial charge is 0.273 e. The number of pyridine rings is 1. The molecule has 0 unspecified atom stereocenters. The number of hydrogen-bond acceptors (Lipinski definition) is 6. The van der Waals surface area contributed by atoms with Crippen LogP contribution >= 0.6 is 0 Å². The summed E-state index contributed by atoms with van der Waals surface area (Å²) in [6, 6.07) is 11.2. The summed E-state index contributed by atoms with van der Waals surface area (Å²) in [6.07, 6.45) is 9.90. The number of carbonyl (C=O) groups excluding carboxylic acids is 2. The number of hydrogen-bond donors (Lipinski definition) is 2. The standard InChI is InChI=1S/C38H52N4O4/c1-37-16-15-28-26(27(37)12-14-34(37)44)11-10-25-22-33(43)32(23-38(25,28)2)40-18-20-41(21-19-40)36(46)31-8-5-17-42(31)35(45)30-13-9-24-6-3-4-7-29(24)39-30/h3-4,6-7,9,13,25-28,31-34,43-44H,5,8,10-12,14-23H2,1-2H3/t25-,26-,27-,28-,31-,32-,33-,34-,37-,38-/m0/s1. The van der Waals surface area contributed by atoms with Crippen LogP contribution in [0.5, 0.6) is 0 Å². The van der Waals surface area contributed by atoms with E-state index in [0.29, 0.717) is 55.4 Å². The highest BCUT2D eigenvalue weighted by molar-refractivity contribution is 5.98. The molecule has 8 rings (SSSR count). The number of amides is 2. The van der Waals surface area contributed by atoms with E-state index in [1.54, 1.807) is 11.0 Å². The van der Waals surface area contributed by atoms with Crippen molar-refractivity contribution >= 4 is 22.7 Å². The van der Waals surface area contributed by atoms with Gasteiger partial charge in [-0.2, -0.15) is 0 Å². The van der Waals surface area contributed by atoms with E-state index in [4.69, 9.17) is 0 Å². The van der Waals surface area contributed by atoms with Gasteiger partial charge in [-0.05, 0) is 111 Å². The highest BCUT2D eigenvalue weighted by Gasteiger charge is 2.61. The molecule has 8 heteroatoms. The van der Waals surface area contributed by atoms with Crippen LogP contribution in [0.25, 0.3) is 10.9 Å². The molecule has 10 atom stereocenters. The van der Waals surface area contributed by atoms with Gasteiger partial charge in [0.1, 0.15) is 11.7 Å². The van der Waals surface area contributed by atoms with Crippen molar-refractivity contribution in [2.45, 2.75) is 102 Å². The number of aliphatic hydroxyl groups is 2. The van der Waals surface area contributed by atoms with Crippen molar-refractivity contribution in [2.75, 3.05) is 32.7 Å². The third-order valence-corrected chi connectivity index (χ3v) is 14.3. The summed E-state index contributed by atoms with van der Waals surface area (Å²) in [5, 5.41) is 23.4. The molecule has 8 nitrogen and oxygen atoms in total. The van der Waals surface area contributed by atoms with Crippen LogP contribution in [0.4, 0.5) is 0 Å². The van der Waals surface area contributed by atoms with Crippen molar-refractivity contribution < 1.29 is 19.8 Å². The highest BCUT2D eigenvalue weighted by atomic mass is 16.3. The fraction of sp³-hybridized carbons (Fsp3) is 0.711. The molecule has 0 radical (unpaired) electrons. The number of aliphatic hydroxyl groups excluding tert-OH is 2. The summed E-state index contributed by atoms with van der Waals surface area (Å²) in [6.45, 7) is 8.29. The van der Waals surface area contributed by atoms with E-state index < -0.39 is 6.04 Å². The summed E-state index contributed by atoms with van der Waals surface area (Å²) in [5.41, 5.74) is 1.50. The van der Waals surface area contributed by atoms with Crippen LogP contribution in [0.3, 0.4) is 0 Å². The Morgan fingerprint density at radius 2 is 1.63 bits per heavy atom. The zero-order chi connectivity index (χ0) is 31.8. The molecule has 2 aromatic rings. The van der Waals surface area contributed by atoms with Crippen LogP contribution in [0.2, 0.25) is 0 Å². The number of fused-ring (bicyclic) bond motifs is 6. The lowest BCUT2D eigenvalue weighted by molar-refractivity contribution is -0.157. The van der Waals surface area contributed by atoms with Crippen LogP contribution < -0.4 is 0 Å². The summed E-state index contributed by atoms with van der Waals surface area (Å²) in [5.74, 6) is 2.48. The lowest BCUT2D eigenvalue weighted by Gasteiger charge is -2.62. The number of likely N-dealkylation sites (tertiary alicyclic amines) is 1. The minimum Gasteiger partial charge on any atom is -0.393 e. The monoisotopic (exact) mass is 628 g/mol. The Morgan fingerprint density at radius 3 is 2.46 bits per heavy atom. The largest absolute Gasteiger partial charge is 0.393 e. The second-order valence-electron chi connectivity index (χ2n) is 16.3. The maximum absolute atomic E-state index is 13.9. The first-order valence-electron chi connectivity index (χ1n) is 18.2. The second kappa shape index (κ2) is 11.6. The summed E-state index contributed by atoms with van der Waals surface area (Å²) in [7, 11) is 0. The van der Waals surface area contributed by atoms with Gasteiger partial charge < -0.3 is 20.0 Å². The molecule has 248 valence electrons. The van der Waals surface area contributed by atoms with Crippen LogP contribution in [-0.4, -0.2) is 98.7 Å². The number of nitrogens with zero attached hydrogens (tertiary/aromatic N) is 4. The van der Waals surface area contributed by atoms with E-state index in [0.717, 1.165) is 56.1 Å². The van der Waals surface area contributed by atoms with Crippen LogP contribution in [0, 0.1) is 34.5 Å². The maximum atomic E-state index is 13.9. The molecule has 4 aliphatic carbocycles. The van der Waals surface area contributed by atoms with Crippen molar-refractivity contribution in [3.8, 4) is 0 Å². The average molecular weight is 629 g/mol. The van der Waals surface area contributed by atoms with Gasteiger partial charge in [0, 0.05) is 44.2 Å². The second-order valence-corrected chi connectivity index (χ2v) is 16.3. The Morgan fingerprint density at radius 1 is 0.848 bits per heavy atom. The quantitative estimate of drug-likeness (QED) is 0.511. The third kappa shape index (κ3) is 4.83. The average Bonchev–Trinajstić information content (AvgIpc) is 3.68. The van der Waals surface area contributed by atoms with Crippen molar-refractivity contribution in [1.29, 1.82) is 0 Å². The van der Waals surface area contributed by atoms with E-state index in [1.807, 2.05) is 35.2 Å². The summed E-state index contributed by atoms with van der Waals surface area (Å²) < 4.78 is 0. The first kappa shape index (κ1) is 30.8. The van der Waals surface area contributed by atoms with Crippen molar-refractivity contribution in [3.05, 3.63) is 42.1 Å². The zero-order valence-electron chi connectivity index (χ0n) is 27.7. The van der Waals surface area contributed by atoms with Gasteiger partial charge in [0.2, 0.25) is 5.91 Å². The van der Waals surface area contributed by atoms with Crippen molar-refractivity contribution in [3.63, 3.8) is 0 Å². The number of aromatic nitrogens is 1. The topological polar surface area (TPSA) is 97.2 Å². The zero-order valence-corrected chi connectivity index (χ0v) is 27.7. The Hall–Kier alpha value is -2.55. The Kier molecular flexibility index (Phi) is 7.73. The number of para-hydroxylation sites is 1.